The minimum absolute atomic E-state index is 0.00237. The van der Waals surface area contributed by atoms with E-state index in [1.54, 1.807) is 6.92 Å². The van der Waals surface area contributed by atoms with Crippen molar-refractivity contribution in [2.45, 2.75) is 53.5 Å². The summed E-state index contributed by atoms with van der Waals surface area (Å²) in [5, 5.41) is 6.55. The Balaban J connectivity index is 0.000000819. The van der Waals surface area contributed by atoms with Crippen molar-refractivity contribution in [3.63, 3.8) is 0 Å². The van der Waals surface area contributed by atoms with E-state index in [0.717, 1.165) is 35.6 Å². The molecule has 2 aromatic carbocycles. The van der Waals surface area contributed by atoms with Gasteiger partial charge in [-0.15, -0.1) is 0 Å². The van der Waals surface area contributed by atoms with E-state index in [1.165, 1.54) is 25.5 Å². The molecule has 0 saturated heterocycles. The first-order chi connectivity index (χ1) is 15.7. The highest BCUT2D eigenvalue weighted by molar-refractivity contribution is 5.98. The Morgan fingerprint density at radius 3 is 2.42 bits per heavy atom. The van der Waals surface area contributed by atoms with Crippen LogP contribution in [0.5, 0.6) is 5.75 Å². The number of carbonyl (C=O) groups excluding carboxylic acids is 1. The normalized spacial score (nSPS) is 16.8. The molecule has 2 atom stereocenters. The molecule has 2 unspecified atom stereocenters. The van der Waals surface area contributed by atoms with Gasteiger partial charge in [-0.2, -0.15) is 5.10 Å². The molecule has 0 aliphatic carbocycles. The van der Waals surface area contributed by atoms with Crippen LogP contribution in [0.3, 0.4) is 0 Å². The Morgan fingerprint density at radius 2 is 1.85 bits per heavy atom. The number of fused-ring (bicyclic) bond motifs is 1. The quantitative estimate of drug-likeness (QED) is 0.355. The molecule has 1 aliphatic heterocycles. The number of hydrazone groups is 1. The van der Waals surface area contributed by atoms with E-state index in [4.69, 9.17) is 15.3 Å². The van der Waals surface area contributed by atoms with E-state index in [0.29, 0.717) is 24.4 Å². The lowest BCUT2D eigenvalue weighted by molar-refractivity contribution is -0.106. The van der Waals surface area contributed by atoms with E-state index >= 15 is 0 Å². The van der Waals surface area contributed by atoms with Crippen LogP contribution >= 0.6 is 0 Å². The second-order valence-electron chi connectivity index (χ2n) is 7.97. The standard InChI is InChI=1S/C21H25F2N3O.C3H8.C2H4O/c1-13-4-7-20-17(10-13)21(16(8-9-24)12-27-20)26(3)25-14(2)15-5-6-18(22)19(23)11-15;1-3-2;1-2-3/h4-7,10-11,16,21H,8-9,12,24H2,1-3H3;3H2,1-2H3;2H,1H3/b25-14+;;. The highest BCUT2D eigenvalue weighted by Crippen LogP contribution is 2.40. The van der Waals surface area contributed by atoms with Crippen molar-refractivity contribution >= 4 is 12.0 Å². The fraction of sp³-hybridized carbons (Fsp3) is 0.462. The van der Waals surface area contributed by atoms with Crippen LogP contribution in [0.1, 0.15) is 63.3 Å². The van der Waals surface area contributed by atoms with E-state index in [1.807, 2.05) is 31.1 Å². The lowest BCUT2D eigenvalue weighted by Gasteiger charge is -2.38. The maximum atomic E-state index is 13.6. The fourth-order valence-corrected chi connectivity index (χ4v) is 3.61. The van der Waals surface area contributed by atoms with Crippen LogP contribution in [0.15, 0.2) is 41.5 Å². The molecule has 7 heteroatoms. The van der Waals surface area contributed by atoms with Crippen LogP contribution in [-0.4, -0.2) is 37.2 Å². The Bertz CT molecular complexity index is 918. The predicted octanol–water partition coefficient (Wildman–Crippen LogP) is 5.65. The molecule has 182 valence electrons. The van der Waals surface area contributed by atoms with Crippen molar-refractivity contribution in [2.24, 2.45) is 16.8 Å². The zero-order valence-corrected chi connectivity index (χ0v) is 20.6. The molecule has 33 heavy (non-hydrogen) atoms. The van der Waals surface area contributed by atoms with Crippen molar-refractivity contribution in [2.75, 3.05) is 20.2 Å². The van der Waals surface area contributed by atoms with Gasteiger partial charge in [-0.3, -0.25) is 5.01 Å². The number of halogens is 2. The highest BCUT2D eigenvalue weighted by Gasteiger charge is 2.33. The number of nitrogens with two attached hydrogens (primary N) is 1. The van der Waals surface area contributed by atoms with Crippen LogP contribution in [0.4, 0.5) is 8.78 Å². The lowest BCUT2D eigenvalue weighted by Crippen LogP contribution is -2.36. The third-order valence-corrected chi connectivity index (χ3v) is 4.97. The first-order valence-corrected chi connectivity index (χ1v) is 11.3. The summed E-state index contributed by atoms with van der Waals surface area (Å²) < 4.78 is 32.7. The molecule has 0 amide bonds. The molecule has 0 fully saturated rings. The van der Waals surface area contributed by atoms with Crippen LogP contribution in [0.2, 0.25) is 0 Å². The SMILES string of the molecule is C/C(=N\N(C)C1c2cc(C)ccc2OCC1CCN)c1ccc(F)c(F)c1.CC=O.CCC. The van der Waals surface area contributed by atoms with Crippen LogP contribution in [0.25, 0.3) is 0 Å². The number of ether oxygens (including phenoxy) is 1. The Hall–Kier alpha value is -2.80. The third kappa shape index (κ3) is 8.24. The van der Waals surface area contributed by atoms with Gasteiger partial charge in [0, 0.05) is 24.1 Å². The number of aryl methyl sites for hydroxylation is 1. The topological polar surface area (TPSA) is 67.9 Å². The summed E-state index contributed by atoms with van der Waals surface area (Å²) in [4.78, 5) is 8.81. The lowest BCUT2D eigenvalue weighted by atomic mass is 9.87. The van der Waals surface area contributed by atoms with Gasteiger partial charge in [0.25, 0.3) is 0 Å². The molecule has 0 spiro atoms. The van der Waals surface area contributed by atoms with E-state index < -0.39 is 11.6 Å². The van der Waals surface area contributed by atoms with Crippen molar-refractivity contribution < 1.29 is 18.3 Å². The average Bonchev–Trinajstić information content (AvgIpc) is 2.76. The van der Waals surface area contributed by atoms with Gasteiger partial charge < -0.3 is 15.3 Å². The van der Waals surface area contributed by atoms with Crippen molar-refractivity contribution in [3.8, 4) is 5.75 Å². The molecule has 0 bridgehead atoms. The summed E-state index contributed by atoms with van der Waals surface area (Å²) >= 11 is 0. The number of carbonyl (C=O) groups is 1. The maximum absolute atomic E-state index is 13.6. The van der Waals surface area contributed by atoms with E-state index in [2.05, 4.69) is 25.0 Å². The monoisotopic (exact) mass is 461 g/mol. The number of benzene rings is 2. The molecular weight excluding hydrogens is 424 g/mol. The third-order valence-electron chi connectivity index (χ3n) is 4.97. The summed E-state index contributed by atoms with van der Waals surface area (Å²) in [7, 11) is 1.90. The zero-order chi connectivity index (χ0) is 25.0. The maximum Gasteiger partial charge on any atom is 0.159 e. The number of rotatable bonds is 5. The van der Waals surface area contributed by atoms with Gasteiger partial charge in [0.2, 0.25) is 0 Å². The molecule has 3 rings (SSSR count). The average molecular weight is 462 g/mol. The summed E-state index contributed by atoms with van der Waals surface area (Å²) in [6.45, 7) is 10.7. The smallest absolute Gasteiger partial charge is 0.159 e. The van der Waals surface area contributed by atoms with Gasteiger partial charge in [0.15, 0.2) is 11.6 Å². The summed E-state index contributed by atoms with van der Waals surface area (Å²) in [5.41, 5.74) is 9.19. The largest absolute Gasteiger partial charge is 0.493 e. The van der Waals surface area contributed by atoms with Crippen molar-refractivity contribution in [1.82, 2.24) is 5.01 Å². The Kier molecular flexibility index (Phi) is 12.3. The van der Waals surface area contributed by atoms with Gasteiger partial charge in [-0.25, -0.2) is 8.78 Å². The molecule has 2 N–H and O–H groups in total. The van der Waals surface area contributed by atoms with Gasteiger partial charge in [0.1, 0.15) is 12.0 Å². The molecule has 1 aliphatic rings. The van der Waals surface area contributed by atoms with Gasteiger partial charge in [-0.05, 0) is 58.0 Å². The van der Waals surface area contributed by atoms with Gasteiger partial charge in [-0.1, -0.05) is 38.0 Å². The second-order valence-corrected chi connectivity index (χ2v) is 7.97. The number of hydrogen-bond donors (Lipinski definition) is 1. The molecule has 0 radical (unpaired) electrons. The first-order valence-electron chi connectivity index (χ1n) is 11.3. The number of nitrogens with zero attached hydrogens (tertiary/aromatic N) is 2. The zero-order valence-electron chi connectivity index (χ0n) is 20.6. The Labute approximate surface area is 196 Å². The highest BCUT2D eigenvalue weighted by atomic mass is 19.2. The van der Waals surface area contributed by atoms with Crippen molar-refractivity contribution in [1.29, 1.82) is 0 Å². The van der Waals surface area contributed by atoms with E-state index in [9.17, 15) is 8.78 Å². The molecule has 5 nitrogen and oxygen atoms in total. The van der Waals surface area contributed by atoms with Crippen LogP contribution in [-0.2, 0) is 4.79 Å². The molecule has 1 heterocycles. The van der Waals surface area contributed by atoms with Gasteiger partial charge in [0.05, 0.1) is 18.4 Å². The Morgan fingerprint density at radius 1 is 1.21 bits per heavy atom. The first kappa shape index (κ1) is 28.2. The number of aldehydes is 1. The summed E-state index contributed by atoms with van der Waals surface area (Å²) in [6.07, 6.45) is 2.81. The molecule has 0 aromatic heterocycles. The molecular formula is C26H37F2N3O2. The number of hydrogen-bond acceptors (Lipinski definition) is 5. The van der Waals surface area contributed by atoms with Crippen LogP contribution in [0, 0.1) is 24.5 Å². The molecule has 2 aromatic rings. The minimum atomic E-state index is -0.877. The van der Waals surface area contributed by atoms with Crippen LogP contribution < -0.4 is 10.5 Å². The fourth-order valence-electron chi connectivity index (χ4n) is 3.61. The molecule has 0 saturated carbocycles. The second kappa shape index (κ2) is 14.4. The summed E-state index contributed by atoms with van der Waals surface area (Å²) in [6, 6.07) is 9.93. The predicted molar refractivity (Wildman–Crippen MR) is 131 cm³/mol. The van der Waals surface area contributed by atoms with E-state index in [-0.39, 0.29) is 12.0 Å². The summed E-state index contributed by atoms with van der Waals surface area (Å²) in [5.74, 6) is -0.698. The van der Waals surface area contributed by atoms with Crippen molar-refractivity contribution in [3.05, 3.63) is 64.7 Å². The van der Waals surface area contributed by atoms with Gasteiger partial charge >= 0.3 is 0 Å². The minimum Gasteiger partial charge on any atom is -0.493 e.